The van der Waals surface area contributed by atoms with E-state index < -0.39 is 5.82 Å². The second-order valence-corrected chi connectivity index (χ2v) is 7.25. The highest BCUT2D eigenvalue weighted by Crippen LogP contribution is 2.41. The zero-order chi connectivity index (χ0) is 17.6. The lowest BCUT2D eigenvalue weighted by Crippen LogP contribution is -2.63. The molecule has 0 saturated carbocycles. The maximum atomic E-state index is 13.4. The van der Waals surface area contributed by atoms with Gasteiger partial charge >= 0.3 is 6.03 Å². The fourth-order valence-electron chi connectivity index (χ4n) is 4.12. The van der Waals surface area contributed by atoms with E-state index in [-0.39, 0.29) is 6.03 Å². The number of amides is 2. The van der Waals surface area contributed by atoms with Crippen LogP contribution in [0.3, 0.4) is 0 Å². The Morgan fingerprint density at radius 3 is 2.72 bits per heavy atom. The van der Waals surface area contributed by atoms with Crippen molar-refractivity contribution < 1.29 is 9.18 Å². The lowest BCUT2D eigenvalue weighted by atomic mass is 9.74. The van der Waals surface area contributed by atoms with Crippen molar-refractivity contribution in [1.82, 2.24) is 15.1 Å². The minimum Gasteiger partial charge on any atom is -0.318 e. The van der Waals surface area contributed by atoms with Crippen LogP contribution in [0, 0.1) is 18.7 Å². The molecular weight excluding hydrogens is 319 g/mol. The normalized spacial score (nSPS) is 24.6. The number of aryl methyl sites for hydroxylation is 1. The first-order chi connectivity index (χ1) is 12.0. The van der Waals surface area contributed by atoms with Gasteiger partial charge in [-0.05, 0) is 49.8 Å². The number of fused-ring (bicyclic) bond motifs is 2. The molecule has 3 heterocycles. The first-order valence-electron chi connectivity index (χ1n) is 8.70. The summed E-state index contributed by atoms with van der Waals surface area (Å²) in [4.78, 5) is 14.6. The van der Waals surface area contributed by atoms with Gasteiger partial charge in [0.2, 0.25) is 0 Å². The Morgan fingerprint density at radius 1 is 1.24 bits per heavy atom. The van der Waals surface area contributed by atoms with Crippen molar-refractivity contribution in [2.24, 2.45) is 5.92 Å². The highest BCUT2D eigenvalue weighted by Gasteiger charge is 2.46. The van der Waals surface area contributed by atoms with E-state index in [9.17, 15) is 9.18 Å². The summed E-state index contributed by atoms with van der Waals surface area (Å²) in [5.41, 5.74) is 2.87. The predicted octanol–water partition coefficient (Wildman–Crippen LogP) is 4.00. The van der Waals surface area contributed by atoms with Crippen molar-refractivity contribution >= 4 is 11.7 Å². The van der Waals surface area contributed by atoms with Crippen molar-refractivity contribution in [1.29, 1.82) is 0 Å². The van der Waals surface area contributed by atoms with E-state index in [0.29, 0.717) is 29.4 Å². The average molecular weight is 340 g/mol. The van der Waals surface area contributed by atoms with Gasteiger partial charge in [0.1, 0.15) is 5.82 Å². The van der Waals surface area contributed by atoms with Crippen LogP contribution in [-0.2, 0) is 0 Å². The fraction of sp³-hybridized carbons (Fsp3) is 0.421. The number of nitrogens with zero attached hydrogens (tertiary/aromatic N) is 3. The first-order valence-corrected chi connectivity index (χ1v) is 8.70. The number of urea groups is 1. The number of piperidine rings is 1. The Hall–Kier alpha value is -2.50. The van der Waals surface area contributed by atoms with Crippen molar-refractivity contribution in [3.63, 3.8) is 0 Å². The van der Waals surface area contributed by atoms with E-state index in [1.54, 1.807) is 0 Å². The summed E-state index contributed by atoms with van der Waals surface area (Å²) in [6.45, 7) is 4.18. The number of nitrogens with one attached hydrogen (secondary N) is 1. The molecule has 1 aromatic heterocycles. The van der Waals surface area contributed by atoms with Gasteiger partial charge in [-0.2, -0.15) is 10.2 Å². The number of carbonyl (C=O) groups is 1. The van der Waals surface area contributed by atoms with Crippen LogP contribution in [0.5, 0.6) is 0 Å². The smallest absolute Gasteiger partial charge is 0.318 e. The summed E-state index contributed by atoms with van der Waals surface area (Å²) in [6, 6.07) is 7.63. The molecule has 1 aromatic carbocycles. The molecule has 2 amide bonds. The summed E-state index contributed by atoms with van der Waals surface area (Å²) in [6.07, 6.45) is 4.37. The molecule has 5 nitrogen and oxygen atoms in total. The zero-order valence-corrected chi connectivity index (χ0v) is 14.4. The van der Waals surface area contributed by atoms with Crippen molar-refractivity contribution in [3.8, 4) is 11.3 Å². The number of rotatable bonds is 2. The van der Waals surface area contributed by atoms with E-state index in [4.69, 9.17) is 0 Å². The lowest BCUT2D eigenvalue weighted by molar-refractivity contribution is -0.00600. The van der Waals surface area contributed by atoms with Crippen LogP contribution in [-0.4, -0.2) is 33.2 Å². The van der Waals surface area contributed by atoms with E-state index in [1.165, 1.54) is 6.07 Å². The van der Waals surface area contributed by atoms with Crippen LogP contribution in [0.1, 0.15) is 31.7 Å². The summed E-state index contributed by atoms with van der Waals surface area (Å²) in [5.74, 6) is 0.270. The topological polar surface area (TPSA) is 58.1 Å². The summed E-state index contributed by atoms with van der Waals surface area (Å²) >= 11 is 0. The van der Waals surface area contributed by atoms with Gasteiger partial charge in [0.05, 0.1) is 11.9 Å². The molecule has 2 unspecified atom stereocenters. The van der Waals surface area contributed by atoms with Gasteiger partial charge in [0, 0.05) is 29.4 Å². The Bertz CT molecular complexity index is 813. The van der Waals surface area contributed by atoms with Gasteiger partial charge in [-0.1, -0.05) is 13.0 Å². The second-order valence-electron chi connectivity index (χ2n) is 7.25. The van der Waals surface area contributed by atoms with Gasteiger partial charge in [0.15, 0.2) is 0 Å². The molecule has 2 aliphatic heterocycles. The maximum absolute atomic E-state index is 13.4. The number of anilines is 1. The summed E-state index contributed by atoms with van der Waals surface area (Å²) < 4.78 is 13.4. The van der Waals surface area contributed by atoms with Crippen LogP contribution < -0.4 is 5.32 Å². The molecule has 6 heteroatoms. The van der Waals surface area contributed by atoms with Crippen LogP contribution in [0.25, 0.3) is 11.3 Å². The lowest BCUT2D eigenvalue weighted by Gasteiger charge is -2.54. The third kappa shape index (κ3) is 2.97. The number of halogens is 1. The molecule has 2 aromatic rings. The average Bonchev–Trinajstić information content (AvgIpc) is 2.56. The van der Waals surface area contributed by atoms with Crippen molar-refractivity contribution in [2.45, 2.75) is 45.2 Å². The summed E-state index contributed by atoms with van der Waals surface area (Å²) in [5, 5.41) is 10.6. The first kappa shape index (κ1) is 16.0. The monoisotopic (exact) mass is 340 g/mol. The zero-order valence-electron chi connectivity index (χ0n) is 14.4. The number of hydrogen-bond donors (Lipinski definition) is 1. The van der Waals surface area contributed by atoms with E-state index in [0.717, 1.165) is 36.6 Å². The highest BCUT2D eigenvalue weighted by molar-refractivity contribution is 5.91. The quantitative estimate of drug-likeness (QED) is 0.899. The molecule has 2 atom stereocenters. The van der Waals surface area contributed by atoms with Crippen LogP contribution in [0.4, 0.5) is 14.9 Å². The SMILES string of the molecule is Cc1ccc(NC(=O)N2C3CC(C)CC2C3)cc1-c1cc(F)cnn1. The third-order valence-electron chi connectivity index (χ3n) is 5.30. The number of carbonyl (C=O) groups excluding carboxylic acids is 1. The summed E-state index contributed by atoms with van der Waals surface area (Å²) in [7, 11) is 0. The minimum atomic E-state index is -0.429. The highest BCUT2D eigenvalue weighted by atomic mass is 19.1. The number of benzene rings is 1. The molecule has 2 aliphatic rings. The molecule has 0 radical (unpaired) electrons. The molecule has 2 saturated heterocycles. The molecule has 2 bridgehead atoms. The Kier molecular flexibility index (Phi) is 3.90. The van der Waals surface area contributed by atoms with E-state index in [1.807, 2.05) is 30.0 Å². The van der Waals surface area contributed by atoms with Gasteiger partial charge in [-0.25, -0.2) is 9.18 Å². The minimum absolute atomic E-state index is 0.0479. The van der Waals surface area contributed by atoms with Crippen LogP contribution >= 0.6 is 0 Å². The second kappa shape index (κ2) is 6.10. The van der Waals surface area contributed by atoms with Crippen LogP contribution in [0.2, 0.25) is 0 Å². The fourth-order valence-corrected chi connectivity index (χ4v) is 4.12. The predicted molar refractivity (Wildman–Crippen MR) is 93.6 cm³/mol. The third-order valence-corrected chi connectivity index (χ3v) is 5.30. The van der Waals surface area contributed by atoms with E-state index >= 15 is 0 Å². The molecule has 2 fully saturated rings. The van der Waals surface area contributed by atoms with Crippen molar-refractivity contribution in [3.05, 3.63) is 41.8 Å². The number of hydrogen-bond acceptors (Lipinski definition) is 3. The molecule has 1 N–H and O–H groups in total. The van der Waals surface area contributed by atoms with Gasteiger partial charge < -0.3 is 10.2 Å². The Morgan fingerprint density at radius 2 is 2.00 bits per heavy atom. The van der Waals surface area contributed by atoms with Gasteiger partial charge in [0.25, 0.3) is 0 Å². The largest absolute Gasteiger partial charge is 0.322 e. The molecule has 0 spiro atoms. The number of aromatic nitrogens is 2. The maximum Gasteiger partial charge on any atom is 0.322 e. The Balaban J connectivity index is 1.54. The van der Waals surface area contributed by atoms with E-state index in [2.05, 4.69) is 22.4 Å². The molecule has 25 heavy (non-hydrogen) atoms. The molecule has 4 rings (SSSR count). The molecular formula is C19H21FN4O. The van der Waals surface area contributed by atoms with Gasteiger partial charge in [-0.15, -0.1) is 0 Å². The van der Waals surface area contributed by atoms with Crippen molar-refractivity contribution in [2.75, 3.05) is 5.32 Å². The van der Waals surface area contributed by atoms with Crippen LogP contribution in [0.15, 0.2) is 30.5 Å². The van der Waals surface area contributed by atoms with Gasteiger partial charge in [-0.3, -0.25) is 0 Å². The standard InChI is InChI=1S/C19H21FN4O/c1-11-5-15-9-16(6-11)24(15)19(25)22-14-4-3-12(2)17(8-14)18-7-13(20)10-21-23-18/h3-4,7-8,10-11,15-16H,5-6,9H2,1-2H3,(H,22,25). The molecule has 130 valence electrons. The molecule has 0 aliphatic carbocycles. The Labute approximate surface area is 146 Å².